The normalized spacial score (nSPS) is 11.5. The first-order chi connectivity index (χ1) is 13.1. The SMILES string of the molecule is CCOc1ccc(CCNC(=O)COc2ccc(C[C@H](O)C=O)cc2)cc1. The van der Waals surface area contributed by atoms with Crippen LogP contribution in [0.4, 0.5) is 0 Å². The summed E-state index contributed by atoms with van der Waals surface area (Å²) in [4.78, 5) is 22.3. The standard InChI is InChI=1S/C21H25NO5/c1-2-26-19-7-3-16(4-8-19)11-12-22-21(25)15-27-20-9-5-17(6-10-20)13-18(24)14-23/h3-10,14,18,24H,2,11-13,15H2,1H3,(H,22,25)/t18-/m0/s1. The van der Waals surface area contributed by atoms with Crippen molar-refractivity contribution in [3.8, 4) is 11.5 Å². The minimum atomic E-state index is -1.00. The predicted octanol–water partition coefficient (Wildman–Crippen LogP) is 1.93. The maximum Gasteiger partial charge on any atom is 0.257 e. The van der Waals surface area contributed by atoms with E-state index in [4.69, 9.17) is 9.47 Å². The van der Waals surface area contributed by atoms with Gasteiger partial charge >= 0.3 is 0 Å². The smallest absolute Gasteiger partial charge is 0.257 e. The number of benzene rings is 2. The van der Waals surface area contributed by atoms with Gasteiger partial charge in [-0.25, -0.2) is 0 Å². The summed E-state index contributed by atoms with van der Waals surface area (Å²) in [7, 11) is 0. The molecule has 1 atom stereocenters. The van der Waals surface area contributed by atoms with E-state index in [1.807, 2.05) is 31.2 Å². The zero-order valence-corrected chi connectivity index (χ0v) is 15.4. The lowest BCUT2D eigenvalue weighted by molar-refractivity contribution is -0.123. The van der Waals surface area contributed by atoms with Crippen molar-refractivity contribution in [2.45, 2.75) is 25.9 Å². The topological polar surface area (TPSA) is 84.9 Å². The number of carbonyl (C=O) groups is 2. The zero-order valence-electron chi connectivity index (χ0n) is 15.4. The van der Waals surface area contributed by atoms with Crippen molar-refractivity contribution in [1.82, 2.24) is 5.32 Å². The van der Waals surface area contributed by atoms with Crippen LogP contribution in [0, 0.1) is 0 Å². The predicted molar refractivity (Wildman–Crippen MR) is 102 cm³/mol. The highest BCUT2D eigenvalue weighted by Crippen LogP contribution is 2.14. The molecule has 1 amide bonds. The van der Waals surface area contributed by atoms with Crippen LogP contribution in [0.2, 0.25) is 0 Å². The van der Waals surface area contributed by atoms with Crippen molar-refractivity contribution in [3.63, 3.8) is 0 Å². The number of rotatable bonds is 11. The molecule has 0 fully saturated rings. The van der Waals surface area contributed by atoms with Gasteiger partial charge in [-0.2, -0.15) is 0 Å². The molecule has 0 bridgehead atoms. The Morgan fingerprint density at radius 3 is 2.22 bits per heavy atom. The summed E-state index contributed by atoms with van der Waals surface area (Å²) in [5.74, 6) is 1.20. The van der Waals surface area contributed by atoms with Crippen molar-refractivity contribution in [1.29, 1.82) is 0 Å². The van der Waals surface area contributed by atoms with E-state index in [0.717, 1.165) is 23.3 Å². The molecule has 27 heavy (non-hydrogen) atoms. The van der Waals surface area contributed by atoms with Crippen LogP contribution in [0.1, 0.15) is 18.1 Å². The Morgan fingerprint density at radius 2 is 1.63 bits per heavy atom. The lowest BCUT2D eigenvalue weighted by atomic mass is 10.1. The molecule has 2 aromatic carbocycles. The third kappa shape index (κ3) is 7.50. The Kier molecular flexibility index (Phi) is 8.32. The summed E-state index contributed by atoms with van der Waals surface area (Å²) in [6, 6.07) is 14.7. The number of aliphatic hydroxyl groups is 1. The van der Waals surface area contributed by atoms with Gasteiger partial charge in [0, 0.05) is 13.0 Å². The molecular formula is C21H25NO5. The van der Waals surface area contributed by atoms with Crippen molar-refractivity contribution in [2.24, 2.45) is 0 Å². The fourth-order valence-corrected chi connectivity index (χ4v) is 2.48. The molecule has 0 aromatic heterocycles. The Labute approximate surface area is 159 Å². The second-order valence-corrected chi connectivity index (χ2v) is 6.02. The largest absolute Gasteiger partial charge is 0.494 e. The first-order valence-electron chi connectivity index (χ1n) is 8.94. The van der Waals surface area contributed by atoms with Crippen LogP contribution in [-0.2, 0) is 22.4 Å². The average molecular weight is 371 g/mol. The summed E-state index contributed by atoms with van der Waals surface area (Å²) in [5.41, 5.74) is 1.94. The van der Waals surface area contributed by atoms with Gasteiger partial charge in [-0.3, -0.25) is 4.79 Å². The van der Waals surface area contributed by atoms with Crippen LogP contribution in [0.3, 0.4) is 0 Å². The van der Waals surface area contributed by atoms with E-state index in [0.29, 0.717) is 25.2 Å². The molecular weight excluding hydrogens is 346 g/mol. The summed E-state index contributed by atoms with van der Waals surface area (Å²) >= 11 is 0. The minimum absolute atomic E-state index is 0.0699. The quantitative estimate of drug-likeness (QED) is 0.590. The molecule has 2 aromatic rings. The molecule has 6 heteroatoms. The zero-order chi connectivity index (χ0) is 19.5. The van der Waals surface area contributed by atoms with Crippen molar-refractivity contribution < 1.29 is 24.2 Å². The Morgan fingerprint density at radius 1 is 1.04 bits per heavy atom. The molecule has 0 radical (unpaired) electrons. The number of nitrogens with one attached hydrogen (secondary N) is 1. The van der Waals surface area contributed by atoms with Gasteiger partial charge in [-0.1, -0.05) is 24.3 Å². The third-order valence-electron chi connectivity index (χ3n) is 3.87. The van der Waals surface area contributed by atoms with E-state index in [9.17, 15) is 14.7 Å². The van der Waals surface area contributed by atoms with Gasteiger partial charge < -0.3 is 24.7 Å². The first-order valence-corrected chi connectivity index (χ1v) is 8.94. The fourth-order valence-electron chi connectivity index (χ4n) is 2.48. The molecule has 0 aliphatic rings. The van der Waals surface area contributed by atoms with Gasteiger partial charge in [-0.15, -0.1) is 0 Å². The van der Waals surface area contributed by atoms with Gasteiger partial charge in [0.1, 0.15) is 23.9 Å². The number of amides is 1. The highest BCUT2D eigenvalue weighted by atomic mass is 16.5. The lowest BCUT2D eigenvalue weighted by Gasteiger charge is -2.09. The molecule has 2 rings (SSSR count). The van der Waals surface area contributed by atoms with Gasteiger partial charge in [0.2, 0.25) is 0 Å². The van der Waals surface area contributed by atoms with Crippen LogP contribution in [0.5, 0.6) is 11.5 Å². The number of aldehydes is 1. The summed E-state index contributed by atoms with van der Waals surface area (Å²) in [6.07, 6.45) is 0.488. The molecule has 0 heterocycles. The first kappa shape index (κ1) is 20.5. The third-order valence-corrected chi connectivity index (χ3v) is 3.87. The average Bonchev–Trinajstić information content (AvgIpc) is 2.69. The van der Waals surface area contributed by atoms with Crippen molar-refractivity contribution in [3.05, 3.63) is 59.7 Å². The Bertz CT molecular complexity index is 712. The second kappa shape index (κ2) is 11.0. The Balaban J connectivity index is 1.67. The number of aliphatic hydroxyl groups excluding tert-OH is 1. The molecule has 2 N–H and O–H groups in total. The van der Waals surface area contributed by atoms with Crippen LogP contribution in [0.25, 0.3) is 0 Å². The maximum atomic E-state index is 11.9. The molecule has 6 nitrogen and oxygen atoms in total. The molecule has 0 aliphatic carbocycles. The number of hydrogen-bond donors (Lipinski definition) is 2. The van der Waals surface area contributed by atoms with Crippen LogP contribution >= 0.6 is 0 Å². The van der Waals surface area contributed by atoms with E-state index in [-0.39, 0.29) is 18.9 Å². The lowest BCUT2D eigenvalue weighted by Crippen LogP contribution is -2.30. The van der Waals surface area contributed by atoms with E-state index in [1.54, 1.807) is 24.3 Å². The molecule has 0 aliphatic heterocycles. The van der Waals surface area contributed by atoms with Crippen LogP contribution in [-0.4, -0.2) is 43.2 Å². The molecule has 0 unspecified atom stereocenters. The highest BCUT2D eigenvalue weighted by Gasteiger charge is 2.05. The van der Waals surface area contributed by atoms with Gasteiger partial charge in [0.15, 0.2) is 6.61 Å². The van der Waals surface area contributed by atoms with Gasteiger partial charge in [0.05, 0.1) is 6.61 Å². The van der Waals surface area contributed by atoms with E-state index in [1.165, 1.54) is 0 Å². The molecule has 0 spiro atoms. The molecule has 0 saturated heterocycles. The second-order valence-electron chi connectivity index (χ2n) is 6.02. The summed E-state index contributed by atoms with van der Waals surface area (Å²) in [5, 5.41) is 12.1. The van der Waals surface area contributed by atoms with Crippen LogP contribution < -0.4 is 14.8 Å². The molecule has 0 saturated carbocycles. The van der Waals surface area contributed by atoms with Crippen LogP contribution in [0.15, 0.2) is 48.5 Å². The summed E-state index contributed by atoms with van der Waals surface area (Å²) < 4.78 is 10.8. The van der Waals surface area contributed by atoms with Gasteiger partial charge in [0.25, 0.3) is 5.91 Å². The highest BCUT2D eigenvalue weighted by molar-refractivity contribution is 5.77. The Hall–Kier alpha value is -2.86. The number of carbonyl (C=O) groups excluding carboxylic acids is 2. The van der Waals surface area contributed by atoms with E-state index < -0.39 is 6.10 Å². The van der Waals surface area contributed by atoms with Crippen molar-refractivity contribution >= 4 is 12.2 Å². The summed E-state index contributed by atoms with van der Waals surface area (Å²) in [6.45, 7) is 3.04. The monoisotopic (exact) mass is 371 g/mol. The number of ether oxygens (including phenoxy) is 2. The minimum Gasteiger partial charge on any atom is -0.494 e. The van der Waals surface area contributed by atoms with E-state index >= 15 is 0 Å². The maximum absolute atomic E-state index is 11.9. The van der Waals surface area contributed by atoms with E-state index in [2.05, 4.69) is 5.32 Å². The fraction of sp³-hybridized carbons (Fsp3) is 0.333. The van der Waals surface area contributed by atoms with Crippen molar-refractivity contribution in [2.75, 3.05) is 19.8 Å². The molecule has 144 valence electrons. The van der Waals surface area contributed by atoms with Gasteiger partial charge in [-0.05, 0) is 48.7 Å². The number of hydrogen-bond acceptors (Lipinski definition) is 5.